The van der Waals surface area contributed by atoms with Crippen LogP contribution in [0.5, 0.6) is 0 Å². The number of rotatable bonds is 6. The minimum Gasteiger partial charge on any atom is -0.383 e. The molecule has 0 bridgehead atoms. The molecule has 0 fully saturated rings. The predicted octanol–water partition coefficient (Wildman–Crippen LogP) is 5.03. The predicted molar refractivity (Wildman–Crippen MR) is 150 cm³/mol. The van der Waals surface area contributed by atoms with Gasteiger partial charge in [-0.2, -0.15) is 5.10 Å². The summed E-state index contributed by atoms with van der Waals surface area (Å²) >= 11 is 6.62. The second-order valence-electron chi connectivity index (χ2n) is 9.00. The van der Waals surface area contributed by atoms with Gasteiger partial charge in [-0.15, -0.1) is 0 Å². The quantitative estimate of drug-likeness (QED) is 0.207. The Bertz CT molecular complexity index is 1790. The Morgan fingerprint density at radius 2 is 1.79 bits per heavy atom. The van der Waals surface area contributed by atoms with Crippen molar-refractivity contribution in [3.63, 3.8) is 0 Å². The Kier molecular flexibility index (Phi) is 5.89. The first-order valence-electron chi connectivity index (χ1n) is 11.9. The molecular formula is C28H23ClN8O. The van der Waals surface area contributed by atoms with E-state index in [-0.39, 0.29) is 5.91 Å². The molecular weight excluding hydrogens is 500 g/mol. The number of anilines is 2. The van der Waals surface area contributed by atoms with Gasteiger partial charge in [-0.1, -0.05) is 48.0 Å². The highest BCUT2D eigenvalue weighted by atomic mass is 35.5. The van der Waals surface area contributed by atoms with Crippen LogP contribution in [0.2, 0.25) is 5.15 Å². The molecule has 0 radical (unpaired) electrons. The van der Waals surface area contributed by atoms with Crippen molar-refractivity contribution < 1.29 is 4.79 Å². The molecule has 38 heavy (non-hydrogen) atoms. The van der Waals surface area contributed by atoms with Crippen LogP contribution in [0.25, 0.3) is 32.9 Å². The first-order valence-corrected chi connectivity index (χ1v) is 12.3. The van der Waals surface area contributed by atoms with Gasteiger partial charge in [0.15, 0.2) is 5.82 Å². The smallest absolute Gasteiger partial charge is 0.251 e. The number of imidazole rings is 1. The van der Waals surface area contributed by atoms with Crippen molar-refractivity contribution in [3.05, 3.63) is 101 Å². The maximum absolute atomic E-state index is 13.4. The molecule has 0 aliphatic rings. The van der Waals surface area contributed by atoms with Crippen LogP contribution in [-0.2, 0) is 6.42 Å². The van der Waals surface area contributed by atoms with Gasteiger partial charge in [0.05, 0.1) is 11.6 Å². The monoisotopic (exact) mass is 522 g/mol. The van der Waals surface area contributed by atoms with Gasteiger partial charge < -0.3 is 21.8 Å². The number of carbonyl (C=O) groups excluding carboxylic acids is 1. The average molecular weight is 523 g/mol. The maximum Gasteiger partial charge on any atom is 0.251 e. The zero-order valence-corrected chi connectivity index (χ0v) is 20.8. The van der Waals surface area contributed by atoms with Crippen molar-refractivity contribution in [3.8, 4) is 11.3 Å². The molecule has 0 spiro atoms. The summed E-state index contributed by atoms with van der Waals surface area (Å²) in [5.41, 5.74) is 15.6. The number of hydrogen-bond acceptors (Lipinski definition) is 6. The fourth-order valence-electron chi connectivity index (χ4n) is 4.56. The van der Waals surface area contributed by atoms with Crippen LogP contribution < -0.4 is 16.8 Å². The molecule has 7 N–H and O–H groups in total. The van der Waals surface area contributed by atoms with E-state index in [0.717, 1.165) is 32.8 Å². The van der Waals surface area contributed by atoms with Crippen molar-refractivity contribution in [2.45, 2.75) is 12.5 Å². The van der Waals surface area contributed by atoms with Gasteiger partial charge in [0.1, 0.15) is 22.5 Å². The summed E-state index contributed by atoms with van der Waals surface area (Å²) in [4.78, 5) is 25.5. The molecule has 3 heterocycles. The third-order valence-electron chi connectivity index (χ3n) is 6.52. The molecule has 6 aromatic rings. The molecule has 0 unspecified atom stereocenters. The van der Waals surface area contributed by atoms with E-state index in [9.17, 15) is 4.79 Å². The topological polar surface area (TPSA) is 151 Å². The molecule has 9 nitrogen and oxygen atoms in total. The molecule has 0 aliphatic heterocycles. The molecule has 6 rings (SSSR count). The summed E-state index contributed by atoms with van der Waals surface area (Å²) < 4.78 is 0. The van der Waals surface area contributed by atoms with Gasteiger partial charge >= 0.3 is 0 Å². The van der Waals surface area contributed by atoms with E-state index in [1.54, 1.807) is 24.4 Å². The molecule has 1 amide bonds. The summed E-state index contributed by atoms with van der Waals surface area (Å²) in [7, 11) is 0. The molecule has 0 saturated heterocycles. The lowest BCUT2D eigenvalue weighted by molar-refractivity contribution is 0.0935. The number of fused-ring (bicyclic) bond motifs is 2. The number of amides is 1. The summed E-state index contributed by atoms with van der Waals surface area (Å²) in [6.07, 6.45) is 2.13. The number of H-pyrrole nitrogens is 2. The number of carbonyl (C=O) groups is 1. The molecule has 10 heteroatoms. The summed E-state index contributed by atoms with van der Waals surface area (Å²) in [6.45, 7) is 0. The van der Waals surface area contributed by atoms with Crippen molar-refractivity contribution in [1.82, 2.24) is 30.5 Å². The number of aromatic nitrogens is 5. The van der Waals surface area contributed by atoms with Gasteiger partial charge in [-0.25, -0.2) is 9.97 Å². The van der Waals surface area contributed by atoms with Crippen LogP contribution in [-0.4, -0.2) is 31.1 Å². The number of aromatic amines is 2. The standard InChI is InChI=1S/C28H23ClN8O/c29-24-23(17-6-9-20-21(14-17)36-37-26(20)31)34-27(35-24)22(12-15-4-2-1-3-5-15)33-28(38)18-7-8-19-16(13-18)10-11-32-25(19)30/h1-11,13-14,22H,12H2,(H2,30,32)(H,33,38)(H,34,35)(H3,31,36,37)/t22-/m0/s1. The van der Waals surface area contributed by atoms with Crippen molar-refractivity contribution >= 4 is 50.8 Å². The van der Waals surface area contributed by atoms with Crippen LogP contribution in [0.3, 0.4) is 0 Å². The Balaban J connectivity index is 1.34. The van der Waals surface area contributed by atoms with Gasteiger partial charge in [0.2, 0.25) is 0 Å². The van der Waals surface area contributed by atoms with E-state index in [4.69, 9.17) is 28.1 Å². The minimum atomic E-state index is -0.471. The molecule has 1 atom stereocenters. The first kappa shape index (κ1) is 23.5. The number of pyridine rings is 1. The van der Waals surface area contributed by atoms with E-state index in [1.165, 1.54) is 0 Å². The van der Waals surface area contributed by atoms with Crippen molar-refractivity contribution in [1.29, 1.82) is 0 Å². The summed E-state index contributed by atoms with van der Waals surface area (Å²) in [5, 5.41) is 12.9. The highest BCUT2D eigenvalue weighted by molar-refractivity contribution is 6.32. The second kappa shape index (κ2) is 9.53. The Labute approximate surface area is 222 Å². The van der Waals surface area contributed by atoms with Gasteiger partial charge in [0.25, 0.3) is 5.91 Å². The maximum atomic E-state index is 13.4. The van der Waals surface area contributed by atoms with E-state index in [2.05, 4.69) is 25.5 Å². The average Bonchev–Trinajstić information content (AvgIpc) is 3.50. The molecule has 188 valence electrons. The zero-order chi connectivity index (χ0) is 26.2. The fourth-order valence-corrected chi connectivity index (χ4v) is 4.81. The number of nitrogens with zero attached hydrogens (tertiary/aromatic N) is 3. The molecule has 3 aromatic carbocycles. The largest absolute Gasteiger partial charge is 0.383 e. The number of halogens is 1. The van der Waals surface area contributed by atoms with Crippen LogP contribution in [0.1, 0.15) is 27.8 Å². The lowest BCUT2D eigenvalue weighted by Gasteiger charge is -2.17. The van der Waals surface area contributed by atoms with Gasteiger partial charge in [0, 0.05) is 28.1 Å². The highest BCUT2D eigenvalue weighted by Gasteiger charge is 2.23. The van der Waals surface area contributed by atoms with E-state index >= 15 is 0 Å². The number of hydrogen-bond donors (Lipinski definition) is 5. The first-order chi connectivity index (χ1) is 18.5. The summed E-state index contributed by atoms with van der Waals surface area (Å²) in [6, 6.07) is 22.2. The zero-order valence-electron chi connectivity index (χ0n) is 20.1. The lowest BCUT2D eigenvalue weighted by Crippen LogP contribution is -2.30. The van der Waals surface area contributed by atoms with Crippen LogP contribution in [0, 0.1) is 0 Å². The Hall–Kier alpha value is -4.89. The SMILES string of the molecule is Nc1nccc2cc(C(=O)N[C@@H](Cc3ccccc3)c3nc(-c4ccc5c(N)n[nH]c5c4)c(Cl)[nH]3)ccc12. The fraction of sp³-hybridized carbons (Fsp3) is 0.0714. The lowest BCUT2D eigenvalue weighted by atomic mass is 10.0. The number of nitrogens with two attached hydrogens (primary N) is 2. The second-order valence-corrected chi connectivity index (χ2v) is 9.38. The molecule has 0 saturated carbocycles. The van der Waals surface area contributed by atoms with E-state index < -0.39 is 6.04 Å². The van der Waals surface area contributed by atoms with Gasteiger partial charge in [-0.3, -0.25) is 9.89 Å². The summed E-state index contributed by atoms with van der Waals surface area (Å²) in [5.74, 6) is 1.15. The third-order valence-corrected chi connectivity index (χ3v) is 6.79. The minimum absolute atomic E-state index is 0.244. The van der Waals surface area contributed by atoms with Crippen molar-refractivity contribution in [2.75, 3.05) is 11.5 Å². The van der Waals surface area contributed by atoms with E-state index in [1.807, 2.05) is 54.6 Å². The number of nitrogens with one attached hydrogen (secondary N) is 3. The van der Waals surface area contributed by atoms with E-state index in [0.29, 0.717) is 40.3 Å². The van der Waals surface area contributed by atoms with Crippen LogP contribution in [0.4, 0.5) is 11.6 Å². The normalized spacial score (nSPS) is 12.1. The Morgan fingerprint density at radius 3 is 2.63 bits per heavy atom. The van der Waals surface area contributed by atoms with Gasteiger partial charge in [-0.05, 0) is 53.8 Å². The molecule has 0 aliphatic carbocycles. The molecule has 3 aromatic heterocycles. The number of nitrogen functional groups attached to an aromatic ring is 2. The van der Waals surface area contributed by atoms with Crippen molar-refractivity contribution in [2.24, 2.45) is 0 Å². The number of benzene rings is 3. The van der Waals surface area contributed by atoms with Crippen LogP contribution >= 0.6 is 11.6 Å². The highest BCUT2D eigenvalue weighted by Crippen LogP contribution is 2.31. The third kappa shape index (κ3) is 4.39. The Morgan fingerprint density at radius 1 is 0.974 bits per heavy atom. The van der Waals surface area contributed by atoms with Crippen LogP contribution in [0.15, 0.2) is 79.0 Å².